The first-order chi connectivity index (χ1) is 25.4. The van der Waals surface area contributed by atoms with Crippen molar-refractivity contribution in [3.63, 3.8) is 0 Å². The molecule has 1 aromatic heterocycles. The number of para-hydroxylation sites is 1. The topological polar surface area (TPSA) is 153 Å². The molecule has 1 saturated carbocycles. The van der Waals surface area contributed by atoms with Crippen molar-refractivity contribution < 1.29 is 28.7 Å². The van der Waals surface area contributed by atoms with Crippen LogP contribution in [0.15, 0.2) is 54.4 Å². The lowest BCUT2D eigenvalue weighted by atomic mass is 9.84. The van der Waals surface area contributed by atoms with Gasteiger partial charge in [0.1, 0.15) is 23.9 Å². The summed E-state index contributed by atoms with van der Waals surface area (Å²) >= 11 is 0. The lowest BCUT2D eigenvalue weighted by Crippen LogP contribution is -2.56. The van der Waals surface area contributed by atoms with Gasteiger partial charge in [0.25, 0.3) is 11.8 Å². The highest BCUT2D eigenvalue weighted by Crippen LogP contribution is 2.29. The fourth-order valence-electron chi connectivity index (χ4n) is 7.93. The van der Waals surface area contributed by atoms with Crippen LogP contribution in [-0.2, 0) is 35.1 Å². The quantitative estimate of drug-likeness (QED) is 0.199. The molecule has 0 radical (unpaired) electrons. The Hall–Kier alpha value is -4.45. The average Bonchev–Trinajstić information content (AvgIpc) is 3.70. The van der Waals surface area contributed by atoms with Gasteiger partial charge in [0.05, 0.1) is 7.11 Å². The van der Waals surface area contributed by atoms with Gasteiger partial charge in [-0.1, -0.05) is 70.2 Å². The van der Waals surface area contributed by atoms with Crippen molar-refractivity contribution in [1.29, 1.82) is 0 Å². The van der Waals surface area contributed by atoms with Crippen LogP contribution in [-0.4, -0.2) is 95.7 Å². The predicted octanol–water partition coefficient (Wildman–Crippen LogP) is 4.37. The molecule has 0 spiro atoms. The molecule has 3 aliphatic rings. The number of likely N-dealkylation sites (tertiary alicyclic amines) is 1. The van der Waals surface area contributed by atoms with Gasteiger partial charge in [0.15, 0.2) is 0 Å². The molecular weight excluding hydrogens is 672 g/mol. The van der Waals surface area contributed by atoms with Crippen LogP contribution < -0.4 is 16.0 Å². The van der Waals surface area contributed by atoms with E-state index in [2.05, 4.69) is 25.8 Å². The largest absolute Gasteiger partial charge is 0.499 e. The minimum absolute atomic E-state index is 0.108. The summed E-state index contributed by atoms with van der Waals surface area (Å²) in [6.07, 6.45) is 14.3. The standard InChI is InChI=1S/C41H58N6O6/c1-26(2)21-33(44-39(50)29-17-19-46(4)20-18-29)41(52)45-34(22-28-11-7-6-8-12-28)40(51)43-27(3)15-16-37(48)47-35(36(53-5)24-38(47)49)23-30-25-42-32-14-10-9-13-31(30)32/h9-10,13-16,24-29,33-35,42H,6-8,11-12,17-23H2,1-5H3,(H,43,51)(H,44,50)(H,45,52)/t27-,33-,34-,35-/m0/s1. The van der Waals surface area contributed by atoms with Crippen LogP contribution in [0, 0.1) is 17.8 Å². The summed E-state index contributed by atoms with van der Waals surface area (Å²) in [4.78, 5) is 74.2. The zero-order valence-corrected chi connectivity index (χ0v) is 32.0. The average molecular weight is 731 g/mol. The van der Waals surface area contributed by atoms with Crippen molar-refractivity contribution in [2.45, 2.75) is 109 Å². The molecule has 12 heteroatoms. The van der Waals surface area contributed by atoms with E-state index in [-0.39, 0.29) is 29.6 Å². The second kappa shape index (κ2) is 18.5. The van der Waals surface area contributed by atoms with E-state index in [1.807, 2.05) is 51.4 Å². The molecule has 2 fully saturated rings. The molecule has 1 aliphatic carbocycles. The zero-order valence-electron chi connectivity index (χ0n) is 32.0. The van der Waals surface area contributed by atoms with Crippen LogP contribution in [0.5, 0.6) is 0 Å². The third-order valence-electron chi connectivity index (χ3n) is 11.0. The van der Waals surface area contributed by atoms with E-state index < -0.39 is 36.0 Å². The third-order valence-corrected chi connectivity index (χ3v) is 11.0. The molecule has 53 heavy (non-hydrogen) atoms. The first kappa shape index (κ1) is 39.8. The Kier molecular flexibility index (Phi) is 13.9. The number of fused-ring (bicyclic) bond motifs is 1. The number of amides is 5. The molecule has 0 unspecified atom stereocenters. The van der Waals surface area contributed by atoms with E-state index >= 15 is 0 Å². The summed E-state index contributed by atoms with van der Waals surface area (Å²) in [5, 5.41) is 10.0. The number of H-pyrrole nitrogens is 1. The van der Waals surface area contributed by atoms with E-state index in [0.717, 1.165) is 68.1 Å². The summed E-state index contributed by atoms with van der Waals surface area (Å²) in [6.45, 7) is 7.45. The first-order valence-corrected chi connectivity index (χ1v) is 19.4. The van der Waals surface area contributed by atoms with Crippen molar-refractivity contribution in [1.82, 2.24) is 30.7 Å². The molecule has 5 rings (SSSR count). The molecule has 4 N–H and O–H groups in total. The third kappa shape index (κ3) is 10.6. The fraction of sp³-hybridized carbons (Fsp3) is 0.585. The SMILES string of the molecule is COC1=CC(=O)N(C(=O)C=C[C@H](C)NC(=O)[C@H](CC2CCCCC2)NC(=O)[C@H](CC(C)C)NC(=O)C2CCN(C)CC2)[C@H]1Cc1c[nH]c2ccccc12. The number of carbonyl (C=O) groups excluding carboxylic acids is 5. The molecule has 12 nitrogen and oxygen atoms in total. The van der Waals surface area contributed by atoms with Gasteiger partial charge in [-0.3, -0.25) is 28.9 Å². The molecule has 0 bridgehead atoms. The number of aromatic amines is 1. The fourth-order valence-corrected chi connectivity index (χ4v) is 7.93. The van der Waals surface area contributed by atoms with E-state index in [0.29, 0.717) is 30.9 Å². The Morgan fingerprint density at radius 1 is 0.943 bits per heavy atom. The van der Waals surface area contributed by atoms with Crippen molar-refractivity contribution in [2.75, 3.05) is 27.2 Å². The number of imide groups is 1. The van der Waals surface area contributed by atoms with Gasteiger partial charge in [-0.15, -0.1) is 0 Å². The number of nitrogens with one attached hydrogen (secondary N) is 4. The minimum Gasteiger partial charge on any atom is -0.499 e. The van der Waals surface area contributed by atoms with Crippen LogP contribution in [0.4, 0.5) is 0 Å². The normalized spacial score (nSPS) is 20.7. The second-order valence-corrected chi connectivity index (χ2v) is 15.6. The summed E-state index contributed by atoms with van der Waals surface area (Å²) in [7, 11) is 3.53. The van der Waals surface area contributed by atoms with Crippen LogP contribution in [0.2, 0.25) is 0 Å². The Bertz CT molecular complexity index is 1670. The maximum atomic E-state index is 13.9. The van der Waals surface area contributed by atoms with Crippen LogP contribution in [0.25, 0.3) is 10.9 Å². The summed E-state index contributed by atoms with van der Waals surface area (Å²) in [6, 6.07) is 5.09. The first-order valence-electron chi connectivity index (χ1n) is 19.4. The minimum atomic E-state index is -0.804. The number of carbonyl (C=O) groups is 5. The van der Waals surface area contributed by atoms with Gasteiger partial charge in [-0.05, 0) is 76.2 Å². The molecule has 1 aromatic carbocycles. The van der Waals surface area contributed by atoms with E-state index in [1.54, 1.807) is 13.0 Å². The monoisotopic (exact) mass is 730 g/mol. The van der Waals surface area contributed by atoms with E-state index in [1.165, 1.54) is 30.6 Å². The highest BCUT2D eigenvalue weighted by Gasteiger charge is 2.38. The predicted molar refractivity (Wildman–Crippen MR) is 204 cm³/mol. The number of aromatic nitrogens is 1. The lowest BCUT2D eigenvalue weighted by molar-refractivity contribution is -0.139. The van der Waals surface area contributed by atoms with E-state index in [9.17, 15) is 24.0 Å². The number of benzene rings is 1. The Morgan fingerprint density at radius 2 is 1.64 bits per heavy atom. The zero-order chi connectivity index (χ0) is 38.1. The number of hydrogen-bond donors (Lipinski definition) is 4. The summed E-state index contributed by atoms with van der Waals surface area (Å²) in [5.41, 5.74) is 1.91. The molecule has 5 amide bonds. The Labute approximate surface area is 313 Å². The van der Waals surface area contributed by atoms with Gasteiger partial charge in [0.2, 0.25) is 17.7 Å². The maximum absolute atomic E-state index is 13.9. The van der Waals surface area contributed by atoms with Gasteiger partial charge in [0, 0.05) is 47.6 Å². The molecule has 1 saturated heterocycles. The number of piperidine rings is 1. The van der Waals surface area contributed by atoms with Crippen molar-refractivity contribution in [3.05, 3.63) is 60.0 Å². The number of rotatable bonds is 15. The molecular formula is C41H58N6O6. The van der Waals surface area contributed by atoms with Gasteiger partial charge in [-0.25, -0.2) is 0 Å². The molecule has 2 aliphatic heterocycles. The van der Waals surface area contributed by atoms with Crippen molar-refractivity contribution >= 4 is 40.4 Å². The number of ether oxygens (including phenoxy) is 1. The van der Waals surface area contributed by atoms with Crippen LogP contribution in [0.3, 0.4) is 0 Å². The number of hydrogen-bond acceptors (Lipinski definition) is 7. The highest BCUT2D eigenvalue weighted by molar-refractivity contribution is 6.08. The summed E-state index contributed by atoms with van der Waals surface area (Å²) < 4.78 is 5.52. The number of methoxy groups -OCH3 is 1. The Balaban J connectivity index is 1.24. The highest BCUT2D eigenvalue weighted by atomic mass is 16.5. The van der Waals surface area contributed by atoms with Crippen molar-refractivity contribution in [2.24, 2.45) is 17.8 Å². The molecule has 3 heterocycles. The Morgan fingerprint density at radius 3 is 2.34 bits per heavy atom. The van der Waals surface area contributed by atoms with Gasteiger partial charge in [-0.2, -0.15) is 0 Å². The smallest absolute Gasteiger partial charge is 0.257 e. The molecule has 288 valence electrons. The number of nitrogens with zero attached hydrogens (tertiary/aromatic N) is 2. The second-order valence-electron chi connectivity index (χ2n) is 15.6. The van der Waals surface area contributed by atoms with Crippen LogP contribution in [0.1, 0.15) is 84.1 Å². The van der Waals surface area contributed by atoms with Crippen molar-refractivity contribution in [3.8, 4) is 0 Å². The van der Waals surface area contributed by atoms with Gasteiger partial charge >= 0.3 is 0 Å². The van der Waals surface area contributed by atoms with Gasteiger partial charge < -0.3 is 30.6 Å². The maximum Gasteiger partial charge on any atom is 0.257 e. The molecule has 4 atom stereocenters. The molecule has 2 aromatic rings. The van der Waals surface area contributed by atoms with Crippen LogP contribution >= 0.6 is 0 Å². The van der Waals surface area contributed by atoms with E-state index in [4.69, 9.17) is 4.74 Å². The lowest BCUT2D eigenvalue weighted by Gasteiger charge is -2.31. The summed E-state index contributed by atoms with van der Waals surface area (Å²) in [5.74, 6) is -1.09.